The topological polar surface area (TPSA) is 76.5 Å². The number of carbonyl (C=O) groups is 1. The second-order valence-electron chi connectivity index (χ2n) is 8.79. The number of fused-ring (bicyclic) bond motifs is 4. The van der Waals surface area contributed by atoms with Gasteiger partial charge < -0.3 is 19.5 Å². The first-order valence-corrected chi connectivity index (χ1v) is 10.8. The molecule has 31 heavy (non-hydrogen) atoms. The van der Waals surface area contributed by atoms with Crippen molar-refractivity contribution in [2.75, 3.05) is 33.3 Å². The van der Waals surface area contributed by atoms with Crippen LogP contribution in [0.2, 0.25) is 0 Å². The van der Waals surface area contributed by atoms with Crippen LogP contribution in [-0.4, -0.2) is 59.2 Å². The number of methoxy groups -OCH3 is 1. The van der Waals surface area contributed by atoms with Crippen molar-refractivity contribution in [3.05, 3.63) is 52.6 Å². The summed E-state index contributed by atoms with van der Waals surface area (Å²) in [6.07, 6.45) is 4.16. The maximum absolute atomic E-state index is 13.5. The molecule has 0 aliphatic carbocycles. The molecule has 0 aromatic carbocycles. The number of hydrogen-bond donors (Lipinski definition) is 1. The van der Waals surface area contributed by atoms with E-state index in [1.165, 1.54) is 0 Å². The second kappa shape index (κ2) is 8.73. The van der Waals surface area contributed by atoms with Gasteiger partial charge in [-0.3, -0.25) is 14.6 Å². The Balaban J connectivity index is 0.00000231. The summed E-state index contributed by atoms with van der Waals surface area (Å²) in [6.45, 7) is 3.59. The Morgan fingerprint density at radius 3 is 2.71 bits per heavy atom. The molecule has 0 unspecified atom stereocenters. The molecule has 2 atom stereocenters. The fraction of sp³-hybridized carbons (Fsp3) is 0.522. The molecule has 3 aliphatic rings. The minimum absolute atomic E-state index is 0. The molecule has 0 radical (unpaired) electrons. The minimum Gasteiger partial charge on any atom is -0.368 e. The number of carbonyl (C=O) groups excluding carboxylic acids is 1. The normalized spacial score (nSPS) is 24.1. The van der Waals surface area contributed by atoms with Crippen molar-refractivity contribution in [2.24, 2.45) is 5.92 Å². The first-order valence-electron chi connectivity index (χ1n) is 10.8. The van der Waals surface area contributed by atoms with E-state index in [1.807, 2.05) is 27.7 Å². The number of aromatic nitrogens is 2. The molecule has 2 bridgehead atoms. The molecular weight excluding hydrogens is 416 g/mol. The van der Waals surface area contributed by atoms with Crippen LogP contribution in [0.3, 0.4) is 0 Å². The third-order valence-electron chi connectivity index (χ3n) is 7.00. The maximum atomic E-state index is 13.5. The Kier molecular flexibility index (Phi) is 6.19. The largest absolute Gasteiger partial charge is 0.368 e. The average molecular weight is 445 g/mol. The lowest BCUT2D eigenvalue weighted by atomic mass is 9.81. The fourth-order valence-electron chi connectivity index (χ4n) is 5.43. The molecule has 166 valence electrons. The van der Waals surface area contributed by atoms with E-state index in [0.29, 0.717) is 38.4 Å². The molecule has 5 rings (SSSR count). The third-order valence-corrected chi connectivity index (χ3v) is 7.00. The lowest BCUT2D eigenvalue weighted by molar-refractivity contribution is -0.161. The highest BCUT2D eigenvalue weighted by molar-refractivity contribution is 5.86. The number of piperidine rings is 2. The van der Waals surface area contributed by atoms with Crippen LogP contribution in [0.25, 0.3) is 11.3 Å². The molecule has 2 aromatic heterocycles. The molecule has 7 nitrogen and oxygen atoms in total. The maximum Gasteiger partial charge on any atom is 0.254 e. The van der Waals surface area contributed by atoms with E-state index in [4.69, 9.17) is 4.74 Å². The van der Waals surface area contributed by atoms with Crippen molar-refractivity contribution >= 4 is 18.3 Å². The predicted octanol–water partition coefficient (Wildman–Crippen LogP) is 2.05. The van der Waals surface area contributed by atoms with Crippen LogP contribution in [0.15, 0.2) is 41.3 Å². The molecule has 0 saturated carbocycles. The molecular formula is C23H29ClN4O3. The molecule has 1 N–H and O–H groups in total. The minimum atomic E-state index is -0.716. The first-order chi connectivity index (χ1) is 14.6. The molecule has 2 aromatic rings. The zero-order valence-corrected chi connectivity index (χ0v) is 18.6. The van der Waals surface area contributed by atoms with Crippen LogP contribution < -0.4 is 10.9 Å². The van der Waals surface area contributed by atoms with Gasteiger partial charge in [-0.15, -0.1) is 12.4 Å². The van der Waals surface area contributed by atoms with E-state index in [9.17, 15) is 9.59 Å². The van der Waals surface area contributed by atoms with Crippen LogP contribution in [-0.2, 0) is 16.1 Å². The van der Waals surface area contributed by atoms with Crippen molar-refractivity contribution in [3.8, 4) is 11.3 Å². The summed E-state index contributed by atoms with van der Waals surface area (Å²) in [6, 6.07) is 9.50. The highest BCUT2D eigenvalue weighted by atomic mass is 35.5. The quantitative estimate of drug-likeness (QED) is 0.784. The van der Waals surface area contributed by atoms with Crippen molar-refractivity contribution in [3.63, 3.8) is 0 Å². The highest BCUT2D eigenvalue weighted by Crippen LogP contribution is 2.38. The van der Waals surface area contributed by atoms with Crippen LogP contribution in [0.4, 0.5) is 0 Å². The van der Waals surface area contributed by atoms with E-state index in [-0.39, 0.29) is 29.8 Å². The van der Waals surface area contributed by atoms with Gasteiger partial charge in [-0.25, -0.2) is 0 Å². The number of rotatable bonds is 3. The van der Waals surface area contributed by atoms with Crippen molar-refractivity contribution < 1.29 is 9.53 Å². The number of nitrogens with zero attached hydrogens (tertiary/aromatic N) is 3. The van der Waals surface area contributed by atoms with Crippen LogP contribution in [0.5, 0.6) is 0 Å². The molecule has 2 fully saturated rings. The number of pyridine rings is 2. The predicted molar refractivity (Wildman–Crippen MR) is 120 cm³/mol. The Hall–Kier alpha value is -2.22. The molecule has 1 amide bonds. The van der Waals surface area contributed by atoms with Gasteiger partial charge in [-0.2, -0.15) is 0 Å². The van der Waals surface area contributed by atoms with Gasteiger partial charge in [0.25, 0.3) is 11.5 Å². The molecule has 5 heterocycles. The van der Waals surface area contributed by atoms with E-state index in [1.54, 1.807) is 19.4 Å². The summed E-state index contributed by atoms with van der Waals surface area (Å²) in [5, 5.41) is 3.32. The molecule has 2 saturated heterocycles. The van der Waals surface area contributed by atoms with Crippen molar-refractivity contribution in [1.29, 1.82) is 0 Å². The summed E-state index contributed by atoms with van der Waals surface area (Å²) in [5.41, 5.74) is 1.98. The van der Waals surface area contributed by atoms with Crippen molar-refractivity contribution in [2.45, 2.75) is 37.3 Å². The number of amides is 1. The number of ether oxygens (including phenoxy) is 1. The SMILES string of the molecule is COC1(C(=O)N2C[C@@H]3C[C@H](C2)c2cc(-c4ccccn4)cc(=O)n2C3)CCNCC1.Cl. The van der Waals surface area contributed by atoms with Gasteiger partial charge in [0.1, 0.15) is 5.60 Å². The summed E-state index contributed by atoms with van der Waals surface area (Å²) in [7, 11) is 1.65. The summed E-state index contributed by atoms with van der Waals surface area (Å²) < 4.78 is 7.69. The lowest BCUT2D eigenvalue weighted by Gasteiger charge is -2.46. The Morgan fingerprint density at radius 1 is 1.19 bits per heavy atom. The van der Waals surface area contributed by atoms with Crippen LogP contribution in [0.1, 0.15) is 30.9 Å². The fourth-order valence-corrected chi connectivity index (χ4v) is 5.43. The number of nitrogens with one attached hydrogen (secondary N) is 1. The second-order valence-corrected chi connectivity index (χ2v) is 8.79. The summed E-state index contributed by atoms with van der Waals surface area (Å²) in [5.74, 6) is 0.570. The Bertz CT molecular complexity index is 1000. The standard InChI is InChI=1S/C23H28N4O3.ClH/c1-30-23(5-8-24-9-6-23)22(29)26-13-16-10-18(15-26)20-11-17(12-21(28)27(20)14-16)19-4-2-3-7-25-19;/h2-4,7,11-12,16,18,24H,5-6,8-10,13-15H2,1H3;1H/t16-,18+;/m0./s1. The van der Waals surface area contributed by atoms with Gasteiger partial charge in [-0.1, -0.05) is 6.07 Å². The van der Waals surface area contributed by atoms with Crippen LogP contribution >= 0.6 is 12.4 Å². The number of hydrogen-bond acceptors (Lipinski definition) is 5. The van der Waals surface area contributed by atoms with Gasteiger partial charge in [0.05, 0.1) is 5.69 Å². The Morgan fingerprint density at radius 2 is 2.00 bits per heavy atom. The summed E-state index contributed by atoms with van der Waals surface area (Å²) in [4.78, 5) is 32.8. The molecule has 0 spiro atoms. The van der Waals surface area contributed by atoms with Gasteiger partial charge in [0.15, 0.2) is 0 Å². The van der Waals surface area contributed by atoms with Crippen molar-refractivity contribution in [1.82, 2.24) is 19.8 Å². The molecule has 8 heteroatoms. The van der Waals surface area contributed by atoms with Gasteiger partial charge in [-0.05, 0) is 56.5 Å². The first kappa shape index (κ1) is 22.0. The van der Waals surface area contributed by atoms with E-state index in [2.05, 4.69) is 16.4 Å². The van der Waals surface area contributed by atoms with Gasteiger partial charge in [0.2, 0.25) is 0 Å². The summed E-state index contributed by atoms with van der Waals surface area (Å²) >= 11 is 0. The Labute approximate surface area is 188 Å². The zero-order chi connectivity index (χ0) is 20.7. The third kappa shape index (κ3) is 3.90. The van der Waals surface area contributed by atoms with Crippen LogP contribution in [0, 0.1) is 5.92 Å². The van der Waals surface area contributed by atoms with Gasteiger partial charge in [0, 0.05) is 56.2 Å². The monoisotopic (exact) mass is 444 g/mol. The average Bonchev–Trinajstić information content (AvgIpc) is 2.80. The lowest BCUT2D eigenvalue weighted by Crippen LogP contribution is -2.59. The van der Waals surface area contributed by atoms with Gasteiger partial charge >= 0.3 is 0 Å². The zero-order valence-electron chi connectivity index (χ0n) is 17.8. The number of halogens is 1. The van der Waals surface area contributed by atoms with E-state index in [0.717, 1.165) is 36.5 Å². The van der Waals surface area contributed by atoms with E-state index < -0.39 is 5.60 Å². The number of likely N-dealkylation sites (tertiary alicyclic amines) is 1. The highest BCUT2D eigenvalue weighted by Gasteiger charge is 2.46. The molecule has 3 aliphatic heterocycles. The van der Waals surface area contributed by atoms with E-state index >= 15 is 0 Å². The smallest absolute Gasteiger partial charge is 0.254 e.